The number of likely N-dealkylation sites (tertiary alicyclic amines) is 1. The van der Waals surface area contributed by atoms with Crippen LogP contribution in [0.15, 0.2) is 36.7 Å². The molecule has 1 aromatic carbocycles. The van der Waals surface area contributed by atoms with Gasteiger partial charge in [-0.05, 0) is 61.1 Å². The number of hydrogen-bond acceptors (Lipinski definition) is 6. The van der Waals surface area contributed by atoms with Crippen LogP contribution in [-0.2, 0) is 22.6 Å². The fourth-order valence-electron chi connectivity index (χ4n) is 5.41. The number of nitrogens with zero attached hydrogens (tertiary/aromatic N) is 4. The van der Waals surface area contributed by atoms with Crippen LogP contribution < -0.4 is 9.64 Å². The molecule has 2 aromatic rings. The number of alkyl halides is 1. The number of methoxy groups -OCH3 is 1. The molecule has 1 saturated carbocycles. The van der Waals surface area contributed by atoms with Crippen LogP contribution in [0, 0.1) is 17.8 Å². The van der Waals surface area contributed by atoms with Gasteiger partial charge >= 0.3 is 0 Å². The summed E-state index contributed by atoms with van der Waals surface area (Å²) in [6, 6.07) is 7.73. The van der Waals surface area contributed by atoms with E-state index in [4.69, 9.17) is 9.47 Å². The lowest BCUT2D eigenvalue weighted by Crippen LogP contribution is -2.51. The smallest absolute Gasteiger partial charge is 0.227 e. The highest BCUT2D eigenvalue weighted by molar-refractivity contribution is 5.79. The quantitative estimate of drug-likeness (QED) is 0.515. The van der Waals surface area contributed by atoms with Gasteiger partial charge in [-0.3, -0.25) is 4.79 Å². The molecular formula is C27H35FN4O3. The molecule has 8 heteroatoms. The molecule has 2 aliphatic heterocycles. The summed E-state index contributed by atoms with van der Waals surface area (Å²) < 4.78 is 24.0. The number of amides is 1. The van der Waals surface area contributed by atoms with Crippen molar-refractivity contribution < 1.29 is 18.7 Å². The van der Waals surface area contributed by atoms with E-state index in [0.717, 1.165) is 66.7 Å². The Morgan fingerprint density at radius 2 is 1.80 bits per heavy atom. The monoisotopic (exact) mass is 482 g/mol. The van der Waals surface area contributed by atoms with Gasteiger partial charge < -0.3 is 19.3 Å². The number of rotatable bonds is 10. The maximum absolute atomic E-state index is 12.9. The molecule has 3 aliphatic rings. The van der Waals surface area contributed by atoms with Crippen LogP contribution in [0.25, 0.3) is 0 Å². The first-order chi connectivity index (χ1) is 17.1. The van der Waals surface area contributed by atoms with Crippen LogP contribution in [-0.4, -0.2) is 66.8 Å². The molecular weight excluding hydrogens is 447 g/mol. The van der Waals surface area contributed by atoms with Crippen LogP contribution in [0.3, 0.4) is 0 Å². The second-order valence-corrected chi connectivity index (χ2v) is 10.2. The summed E-state index contributed by atoms with van der Waals surface area (Å²) >= 11 is 0. The van der Waals surface area contributed by atoms with Crippen LogP contribution in [0.1, 0.15) is 36.8 Å². The maximum Gasteiger partial charge on any atom is 0.227 e. The van der Waals surface area contributed by atoms with Crippen LogP contribution in [0.2, 0.25) is 0 Å². The van der Waals surface area contributed by atoms with E-state index in [9.17, 15) is 9.18 Å². The van der Waals surface area contributed by atoms with E-state index in [0.29, 0.717) is 13.0 Å². The molecule has 1 amide bonds. The first-order valence-electron chi connectivity index (χ1n) is 12.8. The largest absolute Gasteiger partial charge is 0.494 e. The zero-order valence-electron chi connectivity index (χ0n) is 20.4. The van der Waals surface area contributed by atoms with Gasteiger partial charge in [-0.2, -0.15) is 0 Å². The average molecular weight is 483 g/mol. The number of benzene rings is 1. The van der Waals surface area contributed by atoms with E-state index >= 15 is 0 Å². The van der Waals surface area contributed by atoms with Gasteiger partial charge in [0, 0.05) is 38.2 Å². The highest BCUT2D eigenvalue weighted by atomic mass is 19.1. The van der Waals surface area contributed by atoms with Crippen LogP contribution in [0.5, 0.6) is 5.75 Å². The number of halogens is 1. The summed E-state index contributed by atoms with van der Waals surface area (Å²) in [4.78, 5) is 25.0. The van der Waals surface area contributed by atoms with E-state index in [-0.39, 0.29) is 19.0 Å². The number of carbonyl (C=O) groups is 1. The van der Waals surface area contributed by atoms with Gasteiger partial charge in [0.1, 0.15) is 11.9 Å². The van der Waals surface area contributed by atoms with Gasteiger partial charge in [-0.15, -0.1) is 0 Å². The minimum absolute atomic E-state index is 0.00862. The highest BCUT2D eigenvalue weighted by Crippen LogP contribution is 2.49. The second kappa shape index (κ2) is 10.9. The Balaban J connectivity index is 0.983. The van der Waals surface area contributed by atoms with Crippen molar-refractivity contribution in [1.82, 2.24) is 14.9 Å². The average Bonchev–Trinajstić information content (AvgIpc) is 3.63. The molecule has 2 saturated heterocycles. The van der Waals surface area contributed by atoms with Crippen molar-refractivity contribution in [2.24, 2.45) is 17.8 Å². The van der Waals surface area contributed by atoms with Crippen LogP contribution in [0.4, 0.5) is 10.3 Å². The molecule has 3 heterocycles. The van der Waals surface area contributed by atoms with Gasteiger partial charge in [0.15, 0.2) is 0 Å². The fraction of sp³-hybridized carbons (Fsp3) is 0.593. The van der Waals surface area contributed by atoms with Crippen molar-refractivity contribution in [1.29, 1.82) is 0 Å². The van der Waals surface area contributed by atoms with Crippen molar-refractivity contribution in [2.75, 3.05) is 44.8 Å². The lowest BCUT2D eigenvalue weighted by Gasteiger charge is -2.34. The summed E-state index contributed by atoms with van der Waals surface area (Å²) in [6.07, 6.45) is 7.99. The van der Waals surface area contributed by atoms with Crippen molar-refractivity contribution in [3.8, 4) is 5.75 Å². The lowest BCUT2D eigenvalue weighted by molar-refractivity contribution is -0.137. The summed E-state index contributed by atoms with van der Waals surface area (Å²) in [5.74, 6) is 4.04. The third kappa shape index (κ3) is 6.10. The SMILES string of the molecule is COCc1cnc(N2CCC([C@H]3C[C@H]3CCOc3ccc(CC(=O)N4CC(F)C4)cc3)CC2)nc1. The van der Waals surface area contributed by atoms with Crippen molar-refractivity contribution in [3.05, 3.63) is 47.8 Å². The number of anilines is 1. The van der Waals surface area contributed by atoms with Crippen molar-refractivity contribution in [2.45, 2.75) is 44.9 Å². The zero-order chi connectivity index (χ0) is 24.2. The predicted molar refractivity (Wildman–Crippen MR) is 131 cm³/mol. The molecule has 0 unspecified atom stereocenters. The molecule has 7 nitrogen and oxygen atoms in total. The number of hydrogen-bond donors (Lipinski definition) is 0. The summed E-state index contributed by atoms with van der Waals surface area (Å²) in [5, 5.41) is 0. The fourth-order valence-corrected chi connectivity index (χ4v) is 5.41. The topological polar surface area (TPSA) is 67.8 Å². The summed E-state index contributed by atoms with van der Waals surface area (Å²) in [6.45, 7) is 3.79. The Morgan fingerprint density at radius 3 is 2.46 bits per heavy atom. The molecule has 0 radical (unpaired) electrons. The first kappa shape index (κ1) is 24.0. The van der Waals surface area contributed by atoms with Gasteiger partial charge in [-0.1, -0.05) is 12.1 Å². The molecule has 35 heavy (non-hydrogen) atoms. The lowest BCUT2D eigenvalue weighted by atomic mass is 9.90. The van der Waals surface area contributed by atoms with Gasteiger partial charge in [0.05, 0.1) is 32.7 Å². The second-order valence-electron chi connectivity index (χ2n) is 10.2. The van der Waals surface area contributed by atoms with Gasteiger partial charge in [-0.25, -0.2) is 14.4 Å². The van der Waals surface area contributed by atoms with E-state index < -0.39 is 6.17 Å². The molecule has 3 fully saturated rings. The van der Waals surface area contributed by atoms with E-state index in [1.807, 2.05) is 36.7 Å². The minimum atomic E-state index is -0.854. The Bertz CT molecular complexity index is 973. The molecule has 5 rings (SSSR count). The third-order valence-corrected chi connectivity index (χ3v) is 7.63. The van der Waals surface area contributed by atoms with E-state index in [1.54, 1.807) is 12.0 Å². The summed E-state index contributed by atoms with van der Waals surface area (Å²) in [7, 11) is 1.68. The van der Waals surface area contributed by atoms with E-state index in [2.05, 4.69) is 14.9 Å². The predicted octanol–water partition coefficient (Wildman–Crippen LogP) is 3.67. The Morgan fingerprint density at radius 1 is 1.09 bits per heavy atom. The number of ether oxygens (including phenoxy) is 2. The van der Waals surface area contributed by atoms with E-state index in [1.165, 1.54) is 19.3 Å². The molecule has 2 atom stereocenters. The molecule has 1 aromatic heterocycles. The normalized spacial score (nSPS) is 22.7. The Labute approximate surface area is 206 Å². The Hall–Kier alpha value is -2.74. The van der Waals surface area contributed by atoms with Crippen molar-refractivity contribution >= 4 is 11.9 Å². The van der Waals surface area contributed by atoms with Crippen LogP contribution >= 0.6 is 0 Å². The number of aromatic nitrogens is 2. The Kier molecular flexibility index (Phi) is 7.46. The highest BCUT2D eigenvalue weighted by Gasteiger charge is 2.43. The standard InChI is InChI=1S/C27H35FN4O3/c1-34-18-20-14-29-27(30-15-20)31-9-6-21(7-10-31)25-13-22(25)8-11-35-24-4-2-19(3-5-24)12-26(33)32-16-23(28)17-32/h2-5,14-15,21-23,25H,6-13,16-18H2,1H3/t22-,25-/m1/s1. The molecule has 0 bridgehead atoms. The third-order valence-electron chi connectivity index (χ3n) is 7.63. The number of carbonyl (C=O) groups excluding carboxylic acids is 1. The maximum atomic E-state index is 12.9. The molecule has 188 valence electrons. The number of piperidine rings is 1. The molecule has 0 spiro atoms. The first-order valence-corrected chi connectivity index (χ1v) is 12.8. The van der Waals surface area contributed by atoms with Crippen molar-refractivity contribution in [3.63, 3.8) is 0 Å². The zero-order valence-corrected chi connectivity index (χ0v) is 20.4. The molecule has 1 aliphatic carbocycles. The van der Waals surface area contributed by atoms with Gasteiger partial charge in [0.2, 0.25) is 11.9 Å². The summed E-state index contributed by atoms with van der Waals surface area (Å²) in [5.41, 5.74) is 1.94. The minimum Gasteiger partial charge on any atom is -0.494 e. The molecule has 0 N–H and O–H groups in total. The van der Waals surface area contributed by atoms with Gasteiger partial charge in [0.25, 0.3) is 0 Å².